The molecular weight excluding hydrogens is 309 g/mol. The zero-order chi connectivity index (χ0) is 17.1. The number of carboxylic acid groups (broad SMARTS) is 1. The van der Waals surface area contributed by atoms with E-state index in [4.69, 9.17) is 4.74 Å². The van der Waals surface area contributed by atoms with Crippen molar-refractivity contribution in [1.82, 2.24) is 4.98 Å². The zero-order valence-corrected chi connectivity index (χ0v) is 12.9. The van der Waals surface area contributed by atoms with Crippen LogP contribution >= 0.6 is 0 Å². The normalized spacial score (nSPS) is 11.1. The molecule has 0 radical (unpaired) electrons. The second kappa shape index (κ2) is 6.50. The molecule has 1 aromatic heterocycles. The van der Waals surface area contributed by atoms with E-state index in [9.17, 15) is 14.3 Å². The summed E-state index contributed by atoms with van der Waals surface area (Å²) in [6, 6.07) is 13.1. The van der Waals surface area contributed by atoms with Crippen molar-refractivity contribution >= 4 is 29.0 Å². The number of hydrogen-bond acceptors (Lipinski definition) is 3. The molecule has 3 rings (SSSR count). The minimum absolute atomic E-state index is 0.171. The van der Waals surface area contributed by atoms with Crippen LogP contribution in [-0.2, 0) is 0 Å². The number of carbonyl (C=O) groups is 1. The Morgan fingerprint density at radius 3 is 2.67 bits per heavy atom. The highest BCUT2D eigenvalue weighted by Gasteiger charge is 2.10. The van der Waals surface area contributed by atoms with Crippen molar-refractivity contribution in [2.75, 3.05) is 7.11 Å². The standard InChI is InChI=1S/C19H14FNO3/c1-24-18-9-7-12(10-16(18)20)6-8-13-11-15(19(22)23)14-4-2-3-5-17(14)21-13/h2-11H,1H3,(H,22,23)/b8-6+. The van der Waals surface area contributed by atoms with Gasteiger partial charge in [0.2, 0.25) is 0 Å². The number of halogens is 1. The van der Waals surface area contributed by atoms with Gasteiger partial charge in [-0.1, -0.05) is 30.3 Å². The van der Waals surface area contributed by atoms with Crippen LogP contribution in [0.1, 0.15) is 21.6 Å². The lowest BCUT2D eigenvalue weighted by Gasteiger charge is -2.04. The number of rotatable bonds is 4. The summed E-state index contributed by atoms with van der Waals surface area (Å²) < 4.78 is 18.6. The van der Waals surface area contributed by atoms with Crippen molar-refractivity contribution in [3.8, 4) is 5.75 Å². The fraction of sp³-hybridized carbons (Fsp3) is 0.0526. The van der Waals surface area contributed by atoms with Gasteiger partial charge in [0.15, 0.2) is 11.6 Å². The minimum atomic E-state index is -1.02. The van der Waals surface area contributed by atoms with Crippen LogP contribution in [0.4, 0.5) is 4.39 Å². The molecule has 0 amide bonds. The predicted molar refractivity (Wildman–Crippen MR) is 90.6 cm³/mol. The smallest absolute Gasteiger partial charge is 0.336 e. The van der Waals surface area contributed by atoms with Crippen LogP contribution < -0.4 is 4.74 Å². The topological polar surface area (TPSA) is 59.4 Å². The Morgan fingerprint density at radius 1 is 1.17 bits per heavy atom. The Hall–Kier alpha value is -3.21. The van der Waals surface area contributed by atoms with Crippen LogP contribution in [0.3, 0.4) is 0 Å². The average molecular weight is 323 g/mol. The highest BCUT2D eigenvalue weighted by molar-refractivity contribution is 6.03. The predicted octanol–water partition coefficient (Wildman–Crippen LogP) is 4.25. The van der Waals surface area contributed by atoms with Crippen molar-refractivity contribution in [2.45, 2.75) is 0 Å². The molecule has 0 saturated heterocycles. The van der Waals surface area contributed by atoms with E-state index in [0.29, 0.717) is 22.2 Å². The molecule has 0 unspecified atom stereocenters. The summed E-state index contributed by atoms with van der Waals surface area (Å²) in [6.07, 6.45) is 3.32. The first kappa shape index (κ1) is 15.7. The van der Waals surface area contributed by atoms with Gasteiger partial charge >= 0.3 is 5.97 Å². The lowest BCUT2D eigenvalue weighted by molar-refractivity contribution is 0.0699. The van der Waals surface area contributed by atoms with Gasteiger partial charge in [0, 0.05) is 5.39 Å². The lowest BCUT2D eigenvalue weighted by atomic mass is 10.1. The minimum Gasteiger partial charge on any atom is -0.494 e. The third-order valence-corrected chi connectivity index (χ3v) is 3.59. The number of aromatic carboxylic acids is 1. The molecule has 0 bridgehead atoms. The quantitative estimate of drug-likeness (QED) is 0.780. The molecule has 24 heavy (non-hydrogen) atoms. The number of aromatic nitrogens is 1. The fourth-order valence-electron chi connectivity index (χ4n) is 2.43. The molecule has 0 aliphatic carbocycles. The molecule has 5 heteroatoms. The van der Waals surface area contributed by atoms with Gasteiger partial charge < -0.3 is 9.84 Å². The molecule has 2 aromatic carbocycles. The maximum Gasteiger partial charge on any atom is 0.336 e. The Labute approximate surface area is 137 Å². The van der Waals surface area contributed by atoms with E-state index in [1.165, 1.54) is 25.3 Å². The maximum absolute atomic E-state index is 13.7. The third-order valence-electron chi connectivity index (χ3n) is 3.59. The molecule has 0 fully saturated rings. The summed E-state index contributed by atoms with van der Waals surface area (Å²) in [6.45, 7) is 0. The van der Waals surface area contributed by atoms with Gasteiger partial charge in [-0.15, -0.1) is 0 Å². The van der Waals surface area contributed by atoms with E-state index < -0.39 is 11.8 Å². The molecule has 3 aromatic rings. The summed E-state index contributed by atoms with van der Waals surface area (Å²) in [5.74, 6) is -1.31. The van der Waals surface area contributed by atoms with Crippen molar-refractivity contribution in [2.24, 2.45) is 0 Å². The van der Waals surface area contributed by atoms with Crippen molar-refractivity contribution in [3.05, 3.63) is 71.2 Å². The Balaban J connectivity index is 2.00. The molecule has 4 nitrogen and oxygen atoms in total. The van der Waals surface area contributed by atoms with Gasteiger partial charge in [0.25, 0.3) is 0 Å². The number of hydrogen-bond donors (Lipinski definition) is 1. The Kier molecular flexibility index (Phi) is 4.24. The average Bonchev–Trinajstić information content (AvgIpc) is 2.59. The van der Waals surface area contributed by atoms with E-state index in [1.807, 2.05) is 0 Å². The van der Waals surface area contributed by atoms with Gasteiger partial charge in [0.05, 0.1) is 23.9 Å². The second-order valence-electron chi connectivity index (χ2n) is 5.14. The highest BCUT2D eigenvalue weighted by atomic mass is 19.1. The number of methoxy groups -OCH3 is 1. The summed E-state index contributed by atoms with van der Waals surface area (Å²) in [5.41, 5.74) is 1.89. The lowest BCUT2D eigenvalue weighted by Crippen LogP contribution is -2.00. The number of ether oxygens (including phenoxy) is 1. The van der Waals surface area contributed by atoms with Crippen LogP contribution in [0, 0.1) is 5.82 Å². The SMILES string of the molecule is COc1ccc(/C=C/c2cc(C(=O)O)c3ccccc3n2)cc1F. The summed E-state index contributed by atoms with van der Waals surface area (Å²) in [5, 5.41) is 9.95. The van der Waals surface area contributed by atoms with E-state index in [1.54, 1.807) is 42.5 Å². The summed E-state index contributed by atoms with van der Waals surface area (Å²) in [4.78, 5) is 15.9. The van der Waals surface area contributed by atoms with Crippen LogP contribution in [0.5, 0.6) is 5.75 Å². The number of carboxylic acids is 1. The van der Waals surface area contributed by atoms with E-state index in [0.717, 1.165) is 0 Å². The molecule has 0 saturated carbocycles. The first-order valence-corrected chi connectivity index (χ1v) is 7.23. The molecule has 0 aliphatic heterocycles. The second-order valence-corrected chi connectivity index (χ2v) is 5.14. The van der Waals surface area contributed by atoms with Gasteiger partial charge in [-0.25, -0.2) is 14.2 Å². The van der Waals surface area contributed by atoms with Crippen LogP contribution in [0.25, 0.3) is 23.1 Å². The van der Waals surface area contributed by atoms with Gasteiger partial charge in [-0.05, 0) is 35.9 Å². The molecule has 1 N–H and O–H groups in total. The molecular formula is C19H14FNO3. The summed E-state index contributed by atoms with van der Waals surface area (Å²) >= 11 is 0. The van der Waals surface area contributed by atoms with E-state index in [-0.39, 0.29) is 11.3 Å². The number of pyridine rings is 1. The van der Waals surface area contributed by atoms with Crippen molar-refractivity contribution in [1.29, 1.82) is 0 Å². The first-order chi connectivity index (χ1) is 11.6. The van der Waals surface area contributed by atoms with Crippen molar-refractivity contribution < 1.29 is 19.0 Å². The number of para-hydroxylation sites is 1. The van der Waals surface area contributed by atoms with Crippen molar-refractivity contribution in [3.63, 3.8) is 0 Å². The number of fused-ring (bicyclic) bond motifs is 1. The van der Waals surface area contributed by atoms with Crippen LogP contribution in [0.2, 0.25) is 0 Å². The number of nitrogens with zero attached hydrogens (tertiary/aromatic N) is 1. The van der Waals surface area contributed by atoms with Gasteiger partial charge in [-0.3, -0.25) is 0 Å². The van der Waals surface area contributed by atoms with Crippen LogP contribution in [0.15, 0.2) is 48.5 Å². The van der Waals surface area contributed by atoms with Crippen LogP contribution in [-0.4, -0.2) is 23.2 Å². The summed E-state index contributed by atoms with van der Waals surface area (Å²) in [7, 11) is 1.40. The van der Waals surface area contributed by atoms with E-state index in [2.05, 4.69) is 4.98 Å². The highest BCUT2D eigenvalue weighted by Crippen LogP contribution is 2.21. The Bertz CT molecular complexity index is 950. The molecule has 0 aliphatic rings. The Morgan fingerprint density at radius 2 is 1.96 bits per heavy atom. The number of benzene rings is 2. The largest absolute Gasteiger partial charge is 0.494 e. The monoisotopic (exact) mass is 323 g/mol. The third kappa shape index (κ3) is 3.10. The first-order valence-electron chi connectivity index (χ1n) is 7.23. The van der Waals surface area contributed by atoms with E-state index >= 15 is 0 Å². The van der Waals surface area contributed by atoms with Gasteiger partial charge in [-0.2, -0.15) is 0 Å². The fourth-order valence-corrected chi connectivity index (χ4v) is 2.43. The molecule has 120 valence electrons. The molecule has 0 spiro atoms. The molecule has 0 atom stereocenters. The zero-order valence-electron chi connectivity index (χ0n) is 12.9. The maximum atomic E-state index is 13.7. The molecule has 1 heterocycles. The van der Waals surface area contributed by atoms with Gasteiger partial charge in [0.1, 0.15) is 0 Å².